The second kappa shape index (κ2) is 9.86. The molecule has 0 aliphatic carbocycles. The first-order valence-corrected chi connectivity index (χ1v) is 10.5. The highest BCUT2D eigenvalue weighted by atomic mass is 19.4. The van der Waals surface area contributed by atoms with Crippen LogP contribution in [0, 0.1) is 0 Å². The molecule has 2 N–H and O–H groups in total. The lowest BCUT2D eigenvalue weighted by Gasteiger charge is -2.18. The van der Waals surface area contributed by atoms with Crippen LogP contribution in [0.15, 0.2) is 77.7 Å². The van der Waals surface area contributed by atoms with Crippen molar-refractivity contribution in [3.63, 3.8) is 0 Å². The first-order chi connectivity index (χ1) is 17.2. The number of nitrogens with zero attached hydrogens (tertiary/aromatic N) is 4. The second-order valence-corrected chi connectivity index (χ2v) is 7.57. The van der Waals surface area contributed by atoms with Gasteiger partial charge in [-0.2, -0.15) is 18.3 Å². The van der Waals surface area contributed by atoms with Crippen molar-refractivity contribution < 1.29 is 27.9 Å². The van der Waals surface area contributed by atoms with Crippen LogP contribution in [0.25, 0.3) is 22.0 Å². The van der Waals surface area contributed by atoms with Gasteiger partial charge in [-0.15, -0.1) is 0 Å². The van der Waals surface area contributed by atoms with E-state index in [2.05, 4.69) is 15.2 Å². The largest absolute Gasteiger partial charge is 0.490 e. The van der Waals surface area contributed by atoms with E-state index in [4.69, 9.17) is 9.90 Å². The molecule has 4 aromatic rings. The van der Waals surface area contributed by atoms with E-state index >= 15 is 0 Å². The van der Waals surface area contributed by atoms with Gasteiger partial charge in [0.05, 0.1) is 11.1 Å². The maximum Gasteiger partial charge on any atom is 0.490 e. The van der Waals surface area contributed by atoms with E-state index in [1.54, 1.807) is 22.1 Å². The number of aliphatic carboxylic acids is 1. The molecule has 2 aromatic heterocycles. The van der Waals surface area contributed by atoms with Crippen molar-refractivity contribution in [1.82, 2.24) is 15.2 Å². The number of rotatable bonds is 3. The highest BCUT2D eigenvalue weighted by Gasteiger charge is 2.38. The van der Waals surface area contributed by atoms with Gasteiger partial charge < -0.3 is 5.11 Å². The lowest BCUT2D eigenvalue weighted by Crippen LogP contribution is -2.32. The van der Waals surface area contributed by atoms with Crippen LogP contribution in [0.5, 0.6) is 0 Å². The summed E-state index contributed by atoms with van der Waals surface area (Å²) in [6.07, 6.45) is -3.40. The molecular weight excluding hydrogens is 479 g/mol. The third kappa shape index (κ3) is 5.02. The highest BCUT2D eigenvalue weighted by molar-refractivity contribution is 6.05. The van der Waals surface area contributed by atoms with E-state index in [0.29, 0.717) is 30.0 Å². The summed E-state index contributed by atoms with van der Waals surface area (Å²) in [5.74, 6) is -2.10. The summed E-state index contributed by atoms with van der Waals surface area (Å²) in [6, 6.07) is 20.4. The molecule has 1 aliphatic rings. The molecule has 1 fully saturated rings. The number of carbonyl (C=O) groups is 2. The minimum atomic E-state index is -5.08. The second-order valence-electron chi connectivity index (χ2n) is 7.57. The number of benzene rings is 2. The number of hydrogen-bond acceptors (Lipinski definition) is 5. The number of hydrogen-bond donors (Lipinski definition) is 2. The predicted octanol–water partition coefficient (Wildman–Crippen LogP) is 4.07. The number of anilines is 2. The Kier molecular flexibility index (Phi) is 6.68. The van der Waals surface area contributed by atoms with E-state index in [-0.39, 0.29) is 11.6 Å². The van der Waals surface area contributed by atoms with Crippen LogP contribution in [-0.4, -0.2) is 51.6 Å². The Morgan fingerprint density at radius 3 is 2.11 bits per heavy atom. The molecule has 2 aromatic carbocycles. The predicted molar refractivity (Wildman–Crippen MR) is 126 cm³/mol. The normalized spacial score (nSPS) is 13.5. The molecule has 1 saturated heterocycles. The zero-order valence-electron chi connectivity index (χ0n) is 18.4. The van der Waals surface area contributed by atoms with Crippen LogP contribution >= 0.6 is 0 Å². The zero-order chi connectivity index (χ0) is 25.9. The van der Waals surface area contributed by atoms with Gasteiger partial charge >= 0.3 is 18.2 Å². The number of fused-ring (bicyclic) bond motifs is 1. The number of nitrogens with one attached hydrogen (secondary N) is 1. The molecular formula is C24H18F3N5O4. The summed E-state index contributed by atoms with van der Waals surface area (Å²) in [6.45, 7) is 1.18. The van der Waals surface area contributed by atoms with E-state index < -0.39 is 12.1 Å². The molecule has 0 spiro atoms. The minimum Gasteiger partial charge on any atom is -0.475 e. The topological polar surface area (TPSA) is 119 Å². The molecule has 2 amide bonds. The number of urea groups is 1. The first-order valence-electron chi connectivity index (χ1n) is 10.5. The number of aromatic nitrogens is 3. The van der Waals surface area contributed by atoms with Crippen LogP contribution in [0.3, 0.4) is 0 Å². The quantitative estimate of drug-likeness (QED) is 0.441. The number of amides is 2. The number of pyridine rings is 1. The summed E-state index contributed by atoms with van der Waals surface area (Å²) in [7, 11) is 0. The van der Waals surface area contributed by atoms with Crippen molar-refractivity contribution in [3.8, 4) is 11.3 Å². The fraction of sp³-hybridized carbons (Fsp3) is 0.125. The van der Waals surface area contributed by atoms with Crippen molar-refractivity contribution in [2.24, 2.45) is 0 Å². The maximum atomic E-state index is 12.8. The van der Waals surface area contributed by atoms with Crippen molar-refractivity contribution >= 4 is 34.3 Å². The van der Waals surface area contributed by atoms with Crippen LogP contribution in [-0.2, 0) is 4.79 Å². The molecule has 0 atom stereocenters. The highest BCUT2D eigenvalue weighted by Crippen LogP contribution is 2.28. The maximum absolute atomic E-state index is 12.8. The van der Waals surface area contributed by atoms with Crippen LogP contribution in [0.2, 0.25) is 0 Å². The Labute approximate surface area is 201 Å². The monoisotopic (exact) mass is 497 g/mol. The van der Waals surface area contributed by atoms with Gasteiger partial charge in [0.2, 0.25) is 0 Å². The molecule has 36 heavy (non-hydrogen) atoms. The Morgan fingerprint density at radius 1 is 0.889 bits per heavy atom. The van der Waals surface area contributed by atoms with Crippen molar-refractivity contribution in [2.75, 3.05) is 22.9 Å². The Hall–Kier alpha value is -4.74. The average Bonchev–Trinajstić information content (AvgIpc) is 3.26. The standard InChI is InChI=1S/C22H17N5O2.C2HF3O2/c28-21-18-6-2-1-5-17(18)20(24-25-21)15-8-10-16(11-9-15)26-13-14-27(22(26)29)19-7-3-4-12-23-19;3-2(4,5)1(6)7/h1-12H,13-14H2,(H,25,28);(H,6,7). The summed E-state index contributed by atoms with van der Waals surface area (Å²) in [5.41, 5.74) is 2.17. The number of halogens is 3. The lowest BCUT2D eigenvalue weighted by atomic mass is 10.0. The number of alkyl halides is 3. The summed E-state index contributed by atoms with van der Waals surface area (Å²) in [5, 5.41) is 15.3. The summed E-state index contributed by atoms with van der Waals surface area (Å²) >= 11 is 0. The van der Waals surface area contributed by atoms with Gasteiger partial charge in [-0.25, -0.2) is 19.7 Å². The van der Waals surface area contributed by atoms with Crippen molar-refractivity contribution in [1.29, 1.82) is 0 Å². The third-order valence-electron chi connectivity index (χ3n) is 5.33. The van der Waals surface area contributed by atoms with E-state index in [1.165, 1.54) is 0 Å². The van der Waals surface area contributed by atoms with Crippen LogP contribution in [0.1, 0.15) is 0 Å². The van der Waals surface area contributed by atoms with Crippen molar-refractivity contribution in [2.45, 2.75) is 6.18 Å². The van der Waals surface area contributed by atoms with Gasteiger partial charge in [-0.05, 0) is 30.3 Å². The van der Waals surface area contributed by atoms with Gasteiger partial charge in [0.25, 0.3) is 5.56 Å². The molecule has 0 bridgehead atoms. The minimum absolute atomic E-state index is 0.0935. The van der Waals surface area contributed by atoms with Gasteiger partial charge in [0.1, 0.15) is 5.82 Å². The number of carboxylic acid groups (broad SMARTS) is 1. The number of aromatic amines is 1. The molecule has 3 heterocycles. The van der Waals surface area contributed by atoms with E-state index in [0.717, 1.165) is 16.6 Å². The van der Waals surface area contributed by atoms with Crippen LogP contribution in [0.4, 0.5) is 29.5 Å². The Bertz CT molecular complexity index is 1460. The van der Waals surface area contributed by atoms with Gasteiger partial charge in [-0.3, -0.25) is 14.6 Å². The first kappa shape index (κ1) is 24.4. The fourth-order valence-corrected chi connectivity index (χ4v) is 3.64. The molecule has 12 heteroatoms. The van der Waals surface area contributed by atoms with Crippen LogP contribution < -0.4 is 15.4 Å². The van der Waals surface area contributed by atoms with Gasteiger partial charge in [0.15, 0.2) is 0 Å². The molecule has 0 saturated carbocycles. The van der Waals surface area contributed by atoms with E-state index in [1.807, 2.05) is 60.7 Å². The third-order valence-corrected chi connectivity index (χ3v) is 5.33. The molecule has 0 radical (unpaired) electrons. The molecule has 5 rings (SSSR count). The number of H-pyrrole nitrogens is 1. The zero-order valence-corrected chi connectivity index (χ0v) is 18.4. The van der Waals surface area contributed by atoms with Gasteiger partial charge in [-0.1, -0.05) is 36.4 Å². The Balaban J connectivity index is 0.000000384. The van der Waals surface area contributed by atoms with Crippen molar-refractivity contribution in [3.05, 3.63) is 83.3 Å². The SMILES string of the molecule is O=C(O)C(F)(F)F.O=C1N(c2ccc(-c3n[nH]c(=O)c4ccccc34)cc2)CCN1c1ccccn1. The summed E-state index contributed by atoms with van der Waals surface area (Å²) < 4.78 is 31.7. The van der Waals surface area contributed by atoms with E-state index in [9.17, 15) is 22.8 Å². The molecule has 1 aliphatic heterocycles. The molecule has 9 nitrogen and oxygen atoms in total. The molecule has 0 unspecified atom stereocenters. The Morgan fingerprint density at radius 2 is 1.50 bits per heavy atom. The fourth-order valence-electron chi connectivity index (χ4n) is 3.64. The smallest absolute Gasteiger partial charge is 0.475 e. The number of carboxylic acids is 1. The lowest BCUT2D eigenvalue weighted by molar-refractivity contribution is -0.192. The molecule has 184 valence electrons. The average molecular weight is 497 g/mol. The van der Waals surface area contributed by atoms with Gasteiger partial charge in [0, 0.05) is 35.9 Å². The summed E-state index contributed by atoms with van der Waals surface area (Å²) in [4.78, 5) is 41.4. The number of carbonyl (C=O) groups excluding carboxylic acids is 1.